The molecule has 2 rings (SSSR count). The predicted molar refractivity (Wildman–Crippen MR) is 76.9 cm³/mol. The summed E-state index contributed by atoms with van der Waals surface area (Å²) < 4.78 is 0. The molecular formula is C15H23N3O. The number of hydrogen-bond donors (Lipinski definition) is 2. The SMILES string of the molecule is CCC1CCCCC1NC(=O)c1cnc(C)cc1N. The number of carbonyl (C=O) groups is 1. The van der Waals surface area contributed by atoms with E-state index in [0.717, 1.165) is 18.5 Å². The van der Waals surface area contributed by atoms with E-state index in [2.05, 4.69) is 17.2 Å². The van der Waals surface area contributed by atoms with Crippen molar-refractivity contribution in [1.29, 1.82) is 0 Å². The molecule has 1 fully saturated rings. The normalized spacial score (nSPS) is 23.1. The Morgan fingerprint density at radius 1 is 1.47 bits per heavy atom. The van der Waals surface area contributed by atoms with Gasteiger partial charge in [-0.05, 0) is 31.7 Å². The van der Waals surface area contributed by atoms with Crippen LogP contribution in [0.2, 0.25) is 0 Å². The first-order valence-electron chi connectivity index (χ1n) is 7.14. The van der Waals surface area contributed by atoms with E-state index in [-0.39, 0.29) is 11.9 Å². The number of rotatable bonds is 3. The lowest BCUT2D eigenvalue weighted by Gasteiger charge is -2.31. The maximum absolute atomic E-state index is 12.3. The van der Waals surface area contributed by atoms with Gasteiger partial charge >= 0.3 is 0 Å². The van der Waals surface area contributed by atoms with Gasteiger partial charge in [0.1, 0.15) is 0 Å². The molecule has 104 valence electrons. The zero-order valence-corrected chi connectivity index (χ0v) is 11.8. The molecule has 1 aliphatic rings. The Morgan fingerprint density at radius 3 is 2.89 bits per heavy atom. The van der Waals surface area contributed by atoms with E-state index in [9.17, 15) is 4.79 Å². The molecule has 1 saturated carbocycles. The zero-order chi connectivity index (χ0) is 13.8. The minimum absolute atomic E-state index is 0.0876. The molecule has 0 saturated heterocycles. The van der Waals surface area contributed by atoms with Gasteiger partial charge in [0.25, 0.3) is 5.91 Å². The molecule has 0 radical (unpaired) electrons. The topological polar surface area (TPSA) is 68.0 Å². The van der Waals surface area contributed by atoms with Gasteiger partial charge in [0.05, 0.1) is 5.56 Å². The smallest absolute Gasteiger partial charge is 0.255 e. The third kappa shape index (κ3) is 3.25. The van der Waals surface area contributed by atoms with Crippen LogP contribution in [0.1, 0.15) is 55.1 Å². The van der Waals surface area contributed by atoms with Gasteiger partial charge < -0.3 is 11.1 Å². The summed E-state index contributed by atoms with van der Waals surface area (Å²) in [5.41, 5.74) is 7.73. The molecule has 3 N–H and O–H groups in total. The molecule has 2 unspecified atom stereocenters. The average molecular weight is 261 g/mol. The number of nitrogens with one attached hydrogen (secondary N) is 1. The molecule has 0 aliphatic heterocycles. The number of carbonyl (C=O) groups excluding carboxylic acids is 1. The maximum Gasteiger partial charge on any atom is 0.255 e. The summed E-state index contributed by atoms with van der Waals surface area (Å²) in [6.07, 6.45) is 7.45. The Labute approximate surface area is 114 Å². The highest BCUT2D eigenvalue weighted by molar-refractivity contribution is 5.99. The molecule has 0 aromatic carbocycles. The lowest BCUT2D eigenvalue weighted by atomic mass is 9.83. The summed E-state index contributed by atoms with van der Waals surface area (Å²) in [4.78, 5) is 16.4. The molecule has 4 heteroatoms. The van der Waals surface area contributed by atoms with Crippen molar-refractivity contribution < 1.29 is 4.79 Å². The van der Waals surface area contributed by atoms with Crippen LogP contribution < -0.4 is 11.1 Å². The summed E-state index contributed by atoms with van der Waals surface area (Å²) in [5.74, 6) is 0.507. The van der Waals surface area contributed by atoms with Gasteiger partial charge in [-0.25, -0.2) is 0 Å². The molecule has 4 nitrogen and oxygen atoms in total. The number of aryl methyl sites for hydroxylation is 1. The van der Waals surface area contributed by atoms with Crippen molar-refractivity contribution in [2.24, 2.45) is 5.92 Å². The minimum atomic E-state index is -0.0876. The zero-order valence-electron chi connectivity index (χ0n) is 11.8. The van der Waals surface area contributed by atoms with E-state index in [1.165, 1.54) is 19.3 Å². The van der Waals surface area contributed by atoms with Gasteiger partial charge in [0.2, 0.25) is 0 Å². The Bertz CT molecular complexity index is 459. The van der Waals surface area contributed by atoms with Crippen molar-refractivity contribution in [2.45, 2.75) is 52.0 Å². The van der Waals surface area contributed by atoms with Crippen LogP contribution in [0.4, 0.5) is 5.69 Å². The van der Waals surface area contributed by atoms with Gasteiger partial charge in [-0.2, -0.15) is 0 Å². The third-order valence-electron chi connectivity index (χ3n) is 4.07. The maximum atomic E-state index is 12.3. The molecule has 19 heavy (non-hydrogen) atoms. The van der Waals surface area contributed by atoms with Gasteiger partial charge in [-0.1, -0.05) is 26.2 Å². The van der Waals surface area contributed by atoms with Crippen LogP contribution in [0.5, 0.6) is 0 Å². The minimum Gasteiger partial charge on any atom is -0.398 e. The van der Waals surface area contributed by atoms with Crippen molar-refractivity contribution >= 4 is 11.6 Å². The van der Waals surface area contributed by atoms with Crippen molar-refractivity contribution in [3.8, 4) is 0 Å². The number of nitrogen functional groups attached to an aromatic ring is 1. The Hall–Kier alpha value is -1.58. The molecular weight excluding hydrogens is 238 g/mol. The van der Waals surface area contributed by atoms with Crippen molar-refractivity contribution in [3.63, 3.8) is 0 Å². The Morgan fingerprint density at radius 2 is 2.21 bits per heavy atom. The summed E-state index contributed by atoms with van der Waals surface area (Å²) in [6, 6.07) is 2.03. The van der Waals surface area contributed by atoms with E-state index in [0.29, 0.717) is 17.2 Å². The highest BCUT2D eigenvalue weighted by Gasteiger charge is 2.25. The molecule has 2 atom stereocenters. The third-order valence-corrected chi connectivity index (χ3v) is 4.07. The highest BCUT2D eigenvalue weighted by atomic mass is 16.1. The number of aromatic nitrogens is 1. The van der Waals surface area contributed by atoms with Crippen LogP contribution in [0.3, 0.4) is 0 Å². The number of nitrogens with two attached hydrogens (primary N) is 1. The van der Waals surface area contributed by atoms with Crippen LogP contribution in [0, 0.1) is 12.8 Å². The fourth-order valence-corrected chi connectivity index (χ4v) is 2.90. The fraction of sp³-hybridized carbons (Fsp3) is 0.600. The summed E-state index contributed by atoms with van der Waals surface area (Å²) in [5, 5.41) is 3.14. The predicted octanol–water partition coefficient (Wildman–Crippen LogP) is 2.67. The molecule has 1 amide bonds. The number of hydrogen-bond acceptors (Lipinski definition) is 3. The van der Waals surface area contributed by atoms with Crippen LogP contribution in [-0.4, -0.2) is 16.9 Å². The number of amides is 1. The first-order chi connectivity index (χ1) is 9.11. The molecule has 0 spiro atoms. The Kier molecular flexibility index (Phi) is 4.40. The number of anilines is 1. The van der Waals surface area contributed by atoms with E-state index in [1.807, 2.05) is 6.92 Å². The number of pyridine rings is 1. The lowest BCUT2D eigenvalue weighted by Crippen LogP contribution is -2.42. The molecule has 1 aromatic heterocycles. The van der Waals surface area contributed by atoms with E-state index in [1.54, 1.807) is 12.3 Å². The van der Waals surface area contributed by atoms with E-state index >= 15 is 0 Å². The lowest BCUT2D eigenvalue weighted by molar-refractivity contribution is 0.0905. The largest absolute Gasteiger partial charge is 0.398 e. The van der Waals surface area contributed by atoms with Crippen molar-refractivity contribution in [2.75, 3.05) is 5.73 Å². The van der Waals surface area contributed by atoms with Gasteiger partial charge in [0.15, 0.2) is 0 Å². The first kappa shape index (κ1) is 13.8. The van der Waals surface area contributed by atoms with E-state index < -0.39 is 0 Å². The molecule has 0 bridgehead atoms. The van der Waals surface area contributed by atoms with Crippen molar-refractivity contribution in [3.05, 3.63) is 23.5 Å². The molecule has 1 aromatic rings. The van der Waals surface area contributed by atoms with Gasteiger partial charge in [-0.3, -0.25) is 9.78 Å². The van der Waals surface area contributed by atoms with Gasteiger partial charge in [0, 0.05) is 23.6 Å². The van der Waals surface area contributed by atoms with Crippen LogP contribution in [0.25, 0.3) is 0 Å². The monoisotopic (exact) mass is 261 g/mol. The second-order valence-electron chi connectivity index (χ2n) is 5.45. The van der Waals surface area contributed by atoms with Crippen molar-refractivity contribution in [1.82, 2.24) is 10.3 Å². The van der Waals surface area contributed by atoms with Crippen LogP contribution >= 0.6 is 0 Å². The molecule has 1 aliphatic carbocycles. The molecule has 1 heterocycles. The average Bonchev–Trinajstić information content (AvgIpc) is 2.39. The second-order valence-corrected chi connectivity index (χ2v) is 5.45. The van der Waals surface area contributed by atoms with Crippen LogP contribution in [-0.2, 0) is 0 Å². The fourth-order valence-electron chi connectivity index (χ4n) is 2.90. The first-order valence-corrected chi connectivity index (χ1v) is 7.14. The van der Waals surface area contributed by atoms with Crippen LogP contribution in [0.15, 0.2) is 12.3 Å². The highest BCUT2D eigenvalue weighted by Crippen LogP contribution is 2.27. The van der Waals surface area contributed by atoms with E-state index in [4.69, 9.17) is 5.73 Å². The Balaban J connectivity index is 2.07. The summed E-state index contributed by atoms with van der Waals surface area (Å²) in [6.45, 7) is 4.06. The quantitative estimate of drug-likeness (QED) is 0.879. The summed E-state index contributed by atoms with van der Waals surface area (Å²) >= 11 is 0. The number of nitrogens with zero attached hydrogens (tertiary/aromatic N) is 1. The standard InChI is InChI=1S/C15H23N3O/c1-3-11-6-4-5-7-14(11)18-15(19)12-9-17-10(2)8-13(12)16/h8-9,11,14H,3-7H2,1-2H3,(H2,16,17)(H,18,19). The second kappa shape index (κ2) is 6.04. The van der Waals surface area contributed by atoms with Gasteiger partial charge in [-0.15, -0.1) is 0 Å². The summed E-state index contributed by atoms with van der Waals surface area (Å²) in [7, 11) is 0.